The maximum Gasteiger partial charge on any atom is 0.0737 e. The lowest BCUT2D eigenvalue weighted by Crippen LogP contribution is -2.47. The molecule has 0 N–H and O–H groups in total. The molecule has 1 aromatic carbocycles. The molecule has 0 unspecified atom stereocenters. The second-order valence-corrected chi connectivity index (χ2v) is 6.66. The maximum absolute atomic E-state index is 6.07. The smallest absolute Gasteiger partial charge is 0.0737 e. The number of hydrogen-bond donors (Lipinski definition) is 0. The average Bonchev–Trinajstić information content (AvgIpc) is 3.31. The maximum atomic E-state index is 6.07. The summed E-state index contributed by atoms with van der Waals surface area (Å²) in [6.45, 7) is 5.87. The van der Waals surface area contributed by atoms with Gasteiger partial charge in [0.05, 0.1) is 5.52 Å². The van der Waals surface area contributed by atoms with Crippen molar-refractivity contribution in [3.8, 4) is 0 Å². The fourth-order valence-electron chi connectivity index (χ4n) is 3.22. The van der Waals surface area contributed by atoms with Crippen molar-refractivity contribution in [1.29, 1.82) is 0 Å². The Hall–Kier alpha value is -1.32. The molecule has 110 valence electrons. The van der Waals surface area contributed by atoms with Crippen LogP contribution < -0.4 is 4.90 Å². The second kappa shape index (κ2) is 5.47. The molecule has 1 aliphatic carbocycles. The number of fused-ring (bicyclic) bond motifs is 1. The zero-order chi connectivity index (χ0) is 14.2. The van der Waals surface area contributed by atoms with E-state index in [1.807, 2.05) is 18.3 Å². The number of benzene rings is 1. The number of anilines is 1. The molecule has 2 fully saturated rings. The summed E-state index contributed by atoms with van der Waals surface area (Å²) in [5, 5.41) is 1.96. The molecule has 0 bridgehead atoms. The Morgan fingerprint density at radius 3 is 2.67 bits per heavy atom. The Bertz CT molecular complexity index is 646. The molecule has 0 radical (unpaired) electrons. The van der Waals surface area contributed by atoms with Gasteiger partial charge in [-0.3, -0.25) is 9.88 Å². The van der Waals surface area contributed by atoms with Gasteiger partial charge in [0, 0.05) is 55.0 Å². The van der Waals surface area contributed by atoms with Crippen molar-refractivity contribution in [2.24, 2.45) is 5.92 Å². The predicted octanol–water partition coefficient (Wildman–Crippen LogP) is 3.42. The summed E-state index contributed by atoms with van der Waals surface area (Å²) in [4.78, 5) is 9.55. The van der Waals surface area contributed by atoms with Crippen molar-refractivity contribution in [1.82, 2.24) is 9.88 Å². The van der Waals surface area contributed by atoms with Crippen molar-refractivity contribution in [3.05, 3.63) is 35.5 Å². The molecule has 0 atom stereocenters. The highest BCUT2D eigenvalue weighted by Gasteiger charge is 2.26. The number of piperazine rings is 1. The van der Waals surface area contributed by atoms with Gasteiger partial charge < -0.3 is 4.90 Å². The van der Waals surface area contributed by atoms with Gasteiger partial charge in [-0.05, 0) is 43.0 Å². The van der Waals surface area contributed by atoms with Crippen LogP contribution in [0.4, 0.5) is 5.69 Å². The molecular weight excluding hydrogens is 282 g/mol. The largest absolute Gasteiger partial charge is 0.368 e. The van der Waals surface area contributed by atoms with Crippen molar-refractivity contribution in [2.45, 2.75) is 12.8 Å². The van der Waals surface area contributed by atoms with Crippen LogP contribution in [0.3, 0.4) is 0 Å². The third-order valence-electron chi connectivity index (χ3n) is 4.61. The van der Waals surface area contributed by atoms with E-state index >= 15 is 0 Å². The van der Waals surface area contributed by atoms with Crippen LogP contribution in [0.1, 0.15) is 12.8 Å². The summed E-state index contributed by atoms with van der Waals surface area (Å²) in [7, 11) is 0. The average molecular weight is 302 g/mol. The van der Waals surface area contributed by atoms with E-state index in [9.17, 15) is 0 Å². The fraction of sp³-hybridized carbons (Fsp3) is 0.471. The molecule has 0 spiro atoms. The Morgan fingerprint density at radius 2 is 1.90 bits per heavy atom. The first-order valence-electron chi connectivity index (χ1n) is 7.81. The van der Waals surface area contributed by atoms with Gasteiger partial charge in [-0.2, -0.15) is 0 Å². The number of halogens is 1. The normalized spacial score (nSPS) is 20.1. The summed E-state index contributed by atoms with van der Waals surface area (Å²) >= 11 is 6.07. The zero-order valence-corrected chi connectivity index (χ0v) is 12.9. The molecule has 3 nitrogen and oxygen atoms in total. The third-order valence-corrected chi connectivity index (χ3v) is 4.84. The lowest BCUT2D eigenvalue weighted by Gasteiger charge is -2.36. The van der Waals surface area contributed by atoms with Gasteiger partial charge in [0.2, 0.25) is 0 Å². The van der Waals surface area contributed by atoms with E-state index in [4.69, 9.17) is 11.6 Å². The number of pyridine rings is 1. The quantitative estimate of drug-likeness (QED) is 0.866. The number of aromatic nitrogens is 1. The number of rotatable bonds is 3. The van der Waals surface area contributed by atoms with Gasteiger partial charge in [-0.25, -0.2) is 0 Å². The van der Waals surface area contributed by atoms with Crippen molar-refractivity contribution in [2.75, 3.05) is 37.6 Å². The Kier molecular flexibility index (Phi) is 3.48. The molecule has 1 saturated carbocycles. The van der Waals surface area contributed by atoms with Crippen LogP contribution in [-0.4, -0.2) is 42.6 Å². The zero-order valence-electron chi connectivity index (χ0n) is 12.1. The third kappa shape index (κ3) is 2.85. The lowest BCUT2D eigenvalue weighted by atomic mass is 10.1. The molecule has 0 amide bonds. The van der Waals surface area contributed by atoms with Gasteiger partial charge in [0.25, 0.3) is 0 Å². The summed E-state index contributed by atoms with van der Waals surface area (Å²) in [6.07, 6.45) is 4.77. The molecule has 2 aliphatic rings. The van der Waals surface area contributed by atoms with Gasteiger partial charge in [0.1, 0.15) is 0 Å². The molecule has 1 saturated heterocycles. The second-order valence-electron chi connectivity index (χ2n) is 6.22. The summed E-state index contributed by atoms with van der Waals surface area (Å²) in [6, 6.07) is 8.13. The van der Waals surface area contributed by atoms with Crippen molar-refractivity contribution >= 4 is 28.2 Å². The predicted molar refractivity (Wildman–Crippen MR) is 88.1 cm³/mol. The molecule has 2 heterocycles. The molecule has 2 aromatic rings. The van der Waals surface area contributed by atoms with E-state index in [-0.39, 0.29) is 0 Å². The monoisotopic (exact) mass is 301 g/mol. The van der Waals surface area contributed by atoms with Crippen LogP contribution in [0.25, 0.3) is 10.9 Å². The van der Waals surface area contributed by atoms with Crippen LogP contribution in [0.2, 0.25) is 5.02 Å². The minimum absolute atomic E-state index is 0.751. The van der Waals surface area contributed by atoms with E-state index in [0.29, 0.717) is 0 Å². The van der Waals surface area contributed by atoms with Crippen molar-refractivity contribution in [3.63, 3.8) is 0 Å². The lowest BCUT2D eigenvalue weighted by molar-refractivity contribution is 0.248. The highest BCUT2D eigenvalue weighted by atomic mass is 35.5. The van der Waals surface area contributed by atoms with E-state index in [0.717, 1.165) is 29.5 Å². The van der Waals surface area contributed by atoms with E-state index in [2.05, 4.69) is 26.9 Å². The SMILES string of the molecule is Clc1ccc2c(N3CCN(CC4CC4)CC3)ccnc2c1. The minimum Gasteiger partial charge on any atom is -0.368 e. The van der Waals surface area contributed by atoms with Crippen LogP contribution in [0.5, 0.6) is 0 Å². The Balaban J connectivity index is 1.53. The molecular formula is C17H20ClN3. The molecule has 21 heavy (non-hydrogen) atoms. The van der Waals surface area contributed by atoms with Crippen molar-refractivity contribution < 1.29 is 0 Å². The van der Waals surface area contributed by atoms with E-state index in [1.165, 1.54) is 43.5 Å². The molecule has 1 aliphatic heterocycles. The first-order chi connectivity index (χ1) is 10.3. The van der Waals surface area contributed by atoms with Crippen LogP contribution in [0, 0.1) is 5.92 Å². The van der Waals surface area contributed by atoms with Gasteiger partial charge in [-0.1, -0.05) is 11.6 Å². The molecule has 4 heteroatoms. The van der Waals surface area contributed by atoms with E-state index < -0.39 is 0 Å². The fourth-order valence-corrected chi connectivity index (χ4v) is 3.39. The van der Waals surface area contributed by atoms with E-state index in [1.54, 1.807) is 0 Å². The first kappa shape index (κ1) is 13.4. The first-order valence-corrected chi connectivity index (χ1v) is 8.19. The van der Waals surface area contributed by atoms with Crippen LogP contribution in [0.15, 0.2) is 30.5 Å². The van der Waals surface area contributed by atoms with Gasteiger partial charge >= 0.3 is 0 Å². The summed E-state index contributed by atoms with van der Waals surface area (Å²) < 4.78 is 0. The topological polar surface area (TPSA) is 19.4 Å². The van der Waals surface area contributed by atoms with Crippen LogP contribution >= 0.6 is 11.6 Å². The van der Waals surface area contributed by atoms with Gasteiger partial charge in [0.15, 0.2) is 0 Å². The highest BCUT2D eigenvalue weighted by Crippen LogP contribution is 2.31. The van der Waals surface area contributed by atoms with Gasteiger partial charge in [-0.15, -0.1) is 0 Å². The highest BCUT2D eigenvalue weighted by molar-refractivity contribution is 6.31. The Morgan fingerprint density at radius 1 is 1.10 bits per heavy atom. The minimum atomic E-state index is 0.751. The standard InChI is InChI=1S/C17H20ClN3/c18-14-3-4-15-16(11-14)19-6-5-17(15)21-9-7-20(8-10-21)12-13-1-2-13/h3-6,11,13H,1-2,7-10,12H2. The molecule has 1 aromatic heterocycles. The molecule has 4 rings (SSSR count). The van der Waals surface area contributed by atoms with Crippen LogP contribution in [-0.2, 0) is 0 Å². The number of nitrogens with zero attached hydrogens (tertiary/aromatic N) is 3. The number of hydrogen-bond acceptors (Lipinski definition) is 3. The summed E-state index contributed by atoms with van der Waals surface area (Å²) in [5.74, 6) is 0.987. The summed E-state index contributed by atoms with van der Waals surface area (Å²) in [5.41, 5.74) is 2.28. The Labute approximate surface area is 130 Å².